The summed E-state index contributed by atoms with van der Waals surface area (Å²) >= 11 is 0. The first-order valence-corrected chi connectivity index (χ1v) is 8.38. The van der Waals surface area contributed by atoms with Crippen LogP contribution in [0.3, 0.4) is 0 Å². The molecule has 3 rings (SSSR count). The van der Waals surface area contributed by atoms with Crippen molar-refractivity contribution >= 4 is 5.69 Å². The van der Waals surface area contributed by atoms with Crippen LogP contribution in [0.15, 0.2) is 24.3 Å². The normalized spacial score (nSPS) is 27.4. The zero-order valence-corrected chi connectivity index (χ0v) is 13.1. The first kappa shape index (κ1) is 14.7. The molecule has 2 fully saturated rings. The third kappa shape index (κ3) is 3.70. The van der Waals surface area contributed by atoms with E-state index in [9.17, 15) is 0 Å². The third-order valence-corrected chi connectivity index (χ3v) is 5.29. The first-order chi connectivity index (χ1) is 10.2. The SMILES string of the molecule is CN(CCCOc1ccccc1N)CC1CC2CCC1C2. The number of hydrogen-bond donors (Lipinski definition) is 1. The van der Waals surface area contributed by atoms with Crippen molar-refractivity contribution in [3.63, 3.8) is 0 Å². The quantitative estimate of drug-likeness (QED) is 0.617. The second kappa shape index (κ2) is 6.69. The van der Waals surface area contributed by atoms with Crippen molar-refractivity contribution in [3.8, 4) is 5.75 Å². The van der Waals surface area contributed by atoms with Crippen molar-refractivity contribution < 1.29 is 4.74 Å². The maximum atomic E-state index is 5.87. The van der Waals surface area contributed by atoms with Crippen LogP contribution in [-0.4, -0.2) is 31.6 Å². The fourth-order valence-electron chi connectivity index (χ4n) is 4.22. The number of ether oxygens (including phenoxy) is 1. The van der Waals surface area contributed by atoms with Gasteiger partial charge in [0, 0.05) is 13.1 Å². The van der Waals surface area contributed by atoms with Gasteiger partial charge in [0.25, 0.3) is 0 Å². The molecule has 0 aromatic heterocycles. The molecule has 2 aliphatic rings. The summed E-state index contributed by atoms with van der Waals surface area (Å²) in [6, 6.07) is 7.73. The molecule has 3 atom stereocenters. The van der Waals surface area contributed by atoms with Gasteiger partial charge in [0.15, 0.2) is 0 Å². The molecular weight excluding hydrogens is 260 g/mol. The van der Waals surface area contributed by atoms with Crippen LogP contribution in [0.25, 0.3) is 0 Å². The number of para-hydroxylation sites is 2. The third-order valence-electron chi connectivity index (χ3n) is 5.29. The van der Waals surface area contributed by atoms with Gasteiger partial charge in [-0.2, -0.15) is 0 Å². The summed E-state index contributed by atoms with van der Waals surface area (Å²) in [5, 5.41) is 0. The van der Waals surface area contributed by atoms with E-state index in [4.69, 9.17) is 10.5 Å². The number of nitrogen functional groups attached to an aromatic ring is 1. The largest absolute Gasteiger partial charge is 0.491 e. The maximum absolute atomic E-state index is 5.87. The minimum absolute atomic E-state index is 0.729. The van der Waals surface area contributed by atoms with E-state index in [1.165, 1.54) is 32.2 Å². The van der Waals surface area contributed by atoms with Crippen LogP contribution in [0.5, 0.6) is 5.75 Å². The van der Waals surface area contributed by atoms with Gasteiger partial charge in [-0.05, 0) is 62.6 Å². The highest BCUT2D eigenvalue weighted by Crippen LogP contribution is 2.48. The summed E-state index contributed by atoms with van der Waals surface area (Å²) in [6.45, 7) is 3.13. The molecule has 2 bridgehead atoms. The van der Waals surface area contributed by atoms with E-state index in [1.807, 2.05) is 24.3 Å². The highest BCUT2D eigenvalue weighted by Gasteiger charge is 2.39. The lowest BCUT2D eigenvalue weighted by molar-refractivity contribution is 0.204. The van der Waals surface area contributed by atoms with Crippen molar-refractivity contribution in [2.75, 3.05) is 32.5 Å². The van der Waals surface area contributed by atoms with Crippen LogP contribution in [0, 0.1) is 17.8 Å². The van der Waals surface area contributed by atoms with E-state index < -0.39 is 0 Å². The summed E-state index contributed by atoms with van der Waals surface area (Å²) in [5.74, 6) is 3.85. The second-order valence-electron chi connectivity index (χ2n) is 6.94. The van der Waals surface area contributed by atoms with E-state index in [0.717, 1.165) is 48.8 Å². The minimum atomic E-state index is 0.729. The Hall–Kier alpha value is -1.22. The predicted molar refractivity (Wildman–Crippen MR) is 87.4 cm³/mol. The molecule has 2 aliphatic carbocycles. The fourth-order valence-corrected chi connectivity index (χ4v) is 4.22. The Bertz CT molecular complexity index is 462. The van der Waals surface area contributed by atoms with Crippen molar-refractivity contribution in [2.45, 2.75) is 32.1 Å². The van der Waals surface area contributed by atoms with Crippen molar-refractivity contribution in [3.05, 3.63) is 24.3 Å². The van der Waals surface area contributed by atoms with Crippen LogP contribution >= 0.6 is 0 Å². The van der Waals surface area contributed by atoms with Gasteiger partial charge in [0.1, 0.15) is 5.75 Å². The van der Waals surface area contributed by atoms with Gasteiger partial charge in [-0.15, -0.1) is 0 Å². The van der Waals surface area contributed by atoms with E-state index in [1.54, 1.807) is 0 Å². The summed E-state index contributed by atoms with van der Waals surface area (Å²) in [6.07, 6.45) is 7.03. The number of benzene rings is 1. The lowest BCUT2D eigenvalue weighted by Gasteiger charge is -2.27. The molecule has 0 radical (unpaired) electrons. The molecule has 2 N–H and O–H groups in total. The summed E-state index contributed by atoms with van der Waals surface area (Å²) in [7, 11) is 2.25. The van der Waals surface area contributed by atoms with Crippen LogP contribution in [-0.2, 0) is 0 Å². The number of hydrogen-bond acceptors (Lipinski definition) is 3. The van der Waals surface area contributed by atoms with Crippen LogP contribution in [0.4, 0.5) is 5.69 Å². The van der Waals surface area contributed by atoms with Crippen LogP contribution in [0.2, 0.25) is 0 Å². The van der Waals surface area contributed by atoms with Crippen molar-refractivity contribution in [2.24, 2.45) is 17.8 Å². The Balaban J connectivity index is 1.33. The van der Waals surface area contributed by atoms with Crippen molar-refractivity contribution in [1.82, 2.24) is 4.90 Å². The molecule has 1 aromatic rings. The Kier molecular flexibility index (Phi) is 4.69. The highest BCUT2D eigenvalue weighted by atomic mass is 16.5. The smallest absolute Gasteiger partial charge is 0.142 e. The van der Waals surface area contributed by atoms with Crippen LogP contribution < -0.4 is 10.5 Å². The molecule has 3 heteroatoms. The summed E-state index contributed by atoms with van der Waals surface area (Å²) in [4.78, 5) is 2.49. The Labute approximate surface area is 128 Å². The maximum Gasteiger partial charge on any atom is 0.142 e. The molecule has 0 heterocycles. The molecule has 21 heavy (non-hydrogen) atoms. The van der Waals surface area contributed by atoms with Gasteiger partial charge in [-0.25, -0.2) is 0 Å². The Morgan fingerprint density at radius 3 is 2.81 bits per heavy atom. The predicted octanol–water partition coefficient (Wildman–Crippen LogP) is 3.41. The molecular formula is C18H28N2O. The highest BCUT2D eigenvalue weighted by molar-refractivity contribution is 5.51. The number of anilines is 1. The lowest BCUT2D eigenvalue weighted by atomic mass is 9.88. The zero-order chi connectivity index (χ0) is 14.7. The summed E-state index contributed by atoms with van der Waals surface area (Å²) in [5.41, 5.74) is 6.60. The standard InChI is InChI=1S/C18H28N2O/c1-20(13-16-12-14-7-8-15(16)11-14)9-4-10-21-18-6-3-2-5-17(18)19/h2-3,5-6,14-16H,4,7-13,19H2,1H3. The number of nitrogens with two attached hydrogens (primary N) is 1. The molecule has 0 spiro atoms. The van der Waals surface area contributed by atoms with Gasteiger partial charge in [0.2, 0.25) is 0 Å². The van der Waals surface area contributed by atoms with E-state index in [-0.39, 0.29) is 0 Å². The molecule has 1 aromatic carbocycles. The monoisotopic (exact) mass is 288 g/mol. The first-order valence-electron chi connectivity index (χ1n) is 8.38. The van der Waals surface area contributed by atoms with Crippen LogP contribution in [0.1, 0.15) is 32.1 Å². The molecule has 0 aliphatic heterocycles. The molecule has 2 saturated carbocycles. The fraction of sp³-hybridized carbons (Fsp3) is 0.667. The van der Waals surface area contributed by atoms with E-state index in [2.05, 4.69) is 11.9 Å². The van der Waals surface area contributed by atoms with Gasteiger partial charge in [0.05, 0.1) is 12.3 Å². The topological polar surface area (TPSA) is 38.5 Å². The molecule has 3 nitrogen and oxygen atoms in total. The van der Waals surface area contributed by atoms with Gasteiger partial charge in [-0.1, -0.05) is 18.6 Å². The minimum Gasteiger partial charge on any atom is -0.491 e. The summed E-state index contributed by atoms with van der Waals surface area (Å²) < 4.78 is 5.75. The lowest BCUT2D eigenvalue weighted by Crippen LogP contribution is -2.30. The molecule has 3 unspecified atom stereocenters. The Morgan fingerprint density at radius 2 is 2.10 bits per heavy atom. The zero-order valence-electron chi connectivity index (χ0n) is 13.1. The van der Waals surface area contributed by atoms with Gasteiger partial charge < -0.3 is 15.4 Å². The Morgan fingerprint density at radius 1 is 1.24 bits per heavy atom. The number of fused-ring (bicyclic) bond motifs is 2. The molecule has 0 saturated heterocycles. The van der Waals surface area contributed by atoms with Gasteiger partial charge in [-0.3, -0.25) is 0 Å². The second-order valence-corrected chi connectivity index (χ2v) is 6.94. The molecule has 0 amide bonds. The van der Waals surface area contributed by atoms with Crippen molar-refractivity contribution in [1.29, 1.82) is 0 Å². The van der Waals surface area contributed by atoms with E-state index >= 15 is 0 Å². The van der Waals surface area contributed by atoms with Gasteiger partial charge >= 0.3 is 0 Å². The number of rotatable bonds is 7. The molecule has 116 valence electrons. The van der Waals surface area contributed by atoms with E-state index in [0.29, 0.717) is 0 Å². The average Bonchev–Trinajstić information content (AvgIpc) is 3.08. The number of nitrogens with zero attached hydrogens (tertiary/aromatic N) is 1. The average molecular weight is 288 g/mol.